The first-order chi connectivity index (χ1) is 15.6. The molecule has 3 aromatic rings. The van der Waals surface area contributed by atoms with Gasteiger partial charge in [0.05, 0.1) is 17.8 Å². The van der Waals surface area contributed by atoms with E-state index >= 15 is 0 Å². The van der Waals surface area contributed by atoms with Crippen molar-refractivity contribution in [2.45, 2.75) is 12.8 Å². The second-order valence-corrected chi connectivity index (χ2v) is 8.56. The molecule has 4 rings (SSSR count). The van der Waals surface area contributed by atoms with Gasteiger partial charge in [0.25, 0.3) is 11.8 Å². The van der Waals surface area contributed by atoms with Gasteiger partial charge >= 0.3 is 0 Å². The van der Waals surface area contributed by atoms with Crippen LogP contribution in [0.2, 0.25) is 10.0 Å². The molecule has 0 bridgehead atoms. The lowest BCUT2D eigenvalue weighted by Crippen LogP contribution is -2.46. The summed E-state index contributed by atoms with van der Waals surface area (Å²) in [5.41, 5.74) is 1.90. The summed E-state index contributed by atoms with van der Waals surface area (Å²) in [6.45, 7) is 5.87. The van der Waals surface area contributed by atoms with Gasteiger partial charge in [-0.25, -0.2) is 0 Å². The number of rotatable bonds is 9. The van der Waals surface area contributed by atoms with Crippen molar-refractivity contribution >= 4 is 47.2 Å². The number of hydrogen-bond donors (Lipinski definition) is 1. The molecule has 1 fully saturated rings. The molecule has 2 aromatic carbocycles. The number of ether oxygens (including phenoxy) is 1. The molecule has 0 atom stereocenters. The standard InChI is InChI=1S/C23H27Cl2N5O2.ClH/c1-31-19-6-4-5-17(15-19)22-27-23(28-32-22)26-9-2-3-10-29-11-13-30(14-12-29)21-8-7-18(24)16-20(21)25;/h4-8,15-16H,2-3,9-14H2,1H3,(H,26,28);1H. The van der Waals surface area contributed by atoms with Gasteiger partial charge in [0.1, 0.15) is 5.75 Å². The van der Waals surface area contributed by atoms with Gasteiger partial charge in [-0.05, 0) is 60.9 Å². The number of anilines is 2. The largest absolute Gasteiger partial charge is 0.497 e. The number of unbranched alkanes of at least 4 members (excludes halogenated alkanes) is 1. The summed E-state index contributed by atoms with van der Waals surface area (Å²) in [7, 11) is 1.63. The number of piperazine rings is 1. The highest BCUT2D eigenvalue weighted by atomic mass is 35.5. The number of nitrogens with one attached hydrogen (secondary N) is 1. The molecule has 0 unspecified atom stereocenters. The van der Waals surface area contributed by atoms with Gasteiger partial charge in [-0.2, -0.15) is 4.98 Å². The number of hydrogen-bond acceptors (Lipinski definition) is 7. The molecule has 0 amide bonds. The van der Waals surface area contributed by atoms with E-state index < -0.39 is 0 Å². The van der Waals surface area contributed by atoms with Crippen LogP contribution in [0.4, 0.5) is 11.6 Å². The van der Waals surface area contributed by atoms with E-state index in [0.29, 0.717) is 21.9 Å². The summed E-state index contributed by atoms with van der Waals surface area (Å²) >= 11 is 12.4. The zero-order valence-electron chi connectivity index (χ0n) is 18.5. The number of methoxy groups -OCH3 is 1. The second-order valence-electron chi connectivity index (χ2n) is 7.71. The summed E-state index contributed by atoms with van der Waals surface area (Å²) < 4.78 is 10.6. The fourth-order valence-corrected chi connectivity index (χ4v) is 4.31. The average molecular weight is 513 g/mol. The highest BCUT2D eigenvalue weighted by Crippen LogP contribution is 2.29. The van der Waals surface area contributed by atoms with Crippen LogP contribution in [0.5, 0.6) is 5.75 Å². The van der Waals surface area contributed by atoms with E-state index in [1.165, 1.54) is 0 Å². The Morgan fingerprint density at radius 2 is 1.88 bits per heavy atom. The Bertz CT molecular complexity index is 1020. The highest BCUT2D eigenvalue weighted by Gasteiger charge is 2.18. The Morgan fingerprint density at radius 1 is 1.06 bits per heavy atom. The maximum absolute atomic E-state index is 6.35. The van der Waals surface area contributed by atoms with E-state index in [2.05, 4.69) is 25.3 Å². The van der Waals surface area contributed by atoms with Gasteiger partial charge < -0.3 is 19.5 Å². The van der Waals surface area contributed by atoms with Gasteiger partial charge in [-0.1, -0.05) is 29.3 Å². The Labute approximate surface area is 210 Å². The normalized spacial score (nSPS) is 14.1. The summed E-state index contributed by atoms with van der Waals surface area (Å²) in [4.78, 5) is 9.24. The molecule has 0 aliphatic carbocycles. The fourth-order valence-electron chi connectivity index (χ4n) is 3.78. The lowest BCUT2D eigenvalue weighted by atomic mass is 10.2. The summed E-state index contributed by atoms with van der Waals surface area (Å²) in [5, 5.41) is 8.64. The van der Waals surface area contributed by atoms with Crippen LogP contribution in [0.1, 0.15) is 12.8 Å². The summed E-state index contributed by atoms with van der Waals surface area (Å²) in [6, 6.07) is 13.3. The molecule has 178 valence electrons. The molecule has 10 heteroatoms. The third-order valence-electron chi connectivity index (χ3n) is 5.55. The number of nitrogens with zero attached hydrogens (tertiary/aromatic N) is 4. The van der Waals surface area contributed by atoms with Crippen molar-refractivity contribution in [1.29, 1.82) is 0 Å². The molecule has 1 saturated heterocycles. The summed E-state index contributed by atoms with van der Waals surface area (Å²) in [5.74, 6) is 1.74. The topological polar surface area (TPSA) is 66.7 Å². The lowest BCUT2D eigenvalue weighted by Gasteiger charge is -2.36. The van der Waals surface area contributed by atoms with Crippen molar-refractivity contribution in [2.75, 3.05) is 56.6 Å². The van der Waals surface area contributed by atoms with E-state index in [-0.39, 0.29) is 12.4 Å². The Balaban J connectivity index is 0.00000306. The van der Waals surface area contributed by atoms with Crippen LogP contribution < -0.4 is 15.0 Å². The van der Waals surface area contributed by atoms with Crippen LogP contribution in [0.15, 0.2) is 47.0 Å². The van der Waals surface area contributed by atoms with E-state index in [4.69, 9.17) is 32.5 Å². The molecular formula is C23H28Cl3N5O2. The molecule has 1 N–H and O–H groups in total. The van der Waals surface area contributed by atoms with Gasteiger partial charge in [0, 0.05) is 43.3 Å². The predicted molar refractivity (Wildman–Crippen MR) is 136 cm³/mol. The average Bonchev–Trinajstić information content (AvgIpc) is 3.28. The van der Waals surface area contributed by atoms with Crippen LogP contribution in [-0.4, -0.2) is 61.4 Å². The van der Waals surface area contributed by atoms with Gasteiger partial charge in [-0.3, -0.25) is 4.90 Å². The minimum atomic E-state index is 0. The monoisotopic (exact) mass is 511 g/mol. The molecule has 7 nitrogen and oxygen atoms in total. The number of aromatic nitrogens is 2. The third kappa shape index (κ3) is 6.90. The highest BCUT2D eigenvalue weighted by molar-refractivity contribution is 6.36. The lowest BCUT2D eigenvalue weighted by molar-refractivity contribution is 0.254. The fraction of sp³-hybridized carbons (Fsp3) is 0.391. The first-order valence-electron chi connectivity index (χ1n) is 10.8. The molecule has 33 heavy (non-hydrogen) atoms. The van der Waals surface area contributed by atoms with Crippen LogP contribution in [-0.2, 0) is 0 Å². The first-order valence-corrected chi connectivity index (χ1v) is 11.5. The number of benzene rings is 2. The van der Waals surface area contributed by atoms with E-state index in [0.717, 1.165) is 69.1 Å². The van der Waals surface area contributed by atoms with E-state index in [1.807, 2.05) is 36.4 Å². The van der Waals surface area contributed by atoms with Crippen molar-refractivity contribution in [3.8, 4) is 17.2 Å². The Kier molecular flexibility index (Phi) is 9.50. The van der Waals surface area contributed by atoms with Crippen molar-refractivity contribution in [1.82, 2.24) is 15.0 Å². The van der Waals surface area contributed by atoms with Gasteiger partial charge in [-0.15, -0.1) is 12.4 Å². The Morgan fingerprint density at radius 3 is 2.64 bits per heavy atom. The van der Waals surface area contributed by atoms with Crippen molar-refractivity contribution in [3.05, 3.63) is 52.5 Å². The molecule has 0 spiro atoms. The first kappa shape index (κ1) is 25.4. The number of halogens is 3. The van der Waals surface area contributed by atoms with Gasteiger partial charge in [0.15, 0.2) is 0 Å². The minimum absolute atomic E-state index is 0. The second kappa shape index (κ2) is 12.3. The van der Waals surface area contributed by atoms with Crippen LogP contribution in [0.25, 0.3) is 11.5 Å². The molecular weight excluding hydrogens is 485 g/mol. The zero-order valence-corrected chi connectivity index (χ0v) is 20.8. The van der Waals surface area contributed by atoms with Crippen molar-refractivity contribution in [3.63, 3.8) is 0 Å². The maximum Gasteiger partial charge on any atom is 0.263 e. The van der Waals surface area contributed by atoms with Crippen LogP contribution in [0, 0.1) is 0 Å². The molecule has 0 radical (unpaired) electrons. The molecule has 1 aliphatic heterocycles. The molecule has 1 aromatic heterocycles. The third-order valence-corrected chi connectivity index (χ3v) is 6.09. The molecule has 2 heterocycles. The van der Waals surface area contributed by atoms with Crippen LogP contribution in [0.3, 0.4) is 0 Å². The van der Waals surface area contributed by atoms with Crippen molar-refractivity contribution in [2.24, 2.45) is 0 Å². The predicted octanol–water partition coefficient (Wildman–Crippen LogP) is 5.49. The molecule has 1 aliphatic rings. The quantitative estimate of drug-likeness (QED) is 0.380. The van der Waals surface area contributed by atoms with E-state index in [1.54, 1.807) is 13.2 Å². The minimum Gasteiger partial charge on any atom is -0.497 e. The van der Waals surface area contributed by atoms with Crippen molar-refractivity contribution < 1.29 is 9.26 Å². The smallest absolute Gasteiger partial charge is 0.263 e. The van der Waals surface area contributed by atoms with Crippen LogP contribution >= 0.6 is 35.6 Å². The zero-order chi connectivity index (χ0) is 22.3. The molecule has 0 saturated carbocycles. The Hall–Kier alpha value is -2.19. The maximum atomic E-state index is 6.35. The van der Waals surface area contributed by atoms with E-state index in [9.17, 15) is 0 Å². The summed E-state index contributed by atoms with van der Waals surface area (Å²) in [6.07, 6.45) is 2.14. The SMILES string of the molecule is COc1cccc(-c2nc(NCCCCN3CCN(c4ccc(Cl)cc4Cl)CC3)no2)c1.Cl. The van der Waals surface area contributed by atoms with Gasteiger partial charge in [0.2, 0.25) is 0 Å².